The largest absolute Gasteiger partial charge is 0.483 e. The molecule has 0 amide bonds. The van der Waals surface area contributed by atoms with E-state index in [-0.39, 0.29) is 6.47 Å². The summed E-state index contributed by atoms with van der Waals surface area (Å²) in [6.07, 6.45) is 4.12. The Labute approximate surface area is 58.5 Å². The van der Waals surface area contributed by atoms with Gasteiger partial charge < -0.3 is 9.52 Å². The van der Waals surface area contributed by atoms with Gasteiger partial charge in [0.1, 0.15) is 6.26 Å². The summed E-state index contributed by atoms with van der Waals surface area (Å²) in [6, 6.07) is 0. The van der Waals surface area contributed by atoms with Gasteiger partial charge in [0.15, 0.2) is 5.89 Å². The minimum atomic E-state index is -0.250. The molecular formula is C6H9NO3. The Morgan fingerprint density at radius 2 is 2.50 bits per heavy atom. The van der Waals surface area contributed by atoms with Gasteiger partial charge in [-0.2, -0.15) is 0 Å². The van der Waals surface area contributed by atoms with E-state index in [4.69, 9.17) is 14.3 Å². The Morgan fingerprint density at radius 3 is 2.70 bits per heavy atom. The molecule has 0 spiro atoms. The van der Waals surface area contributed by atoms with Crippen molar-refractivity contribution in [2.24, 2.45) is 0 Å². The van der Waals surface area contributed by atoms with Crippen molar-refractivity contribution < 1.29 is 14.3 Å². The van der Waals surface area contributed by atoms with E-state index in [1.54, 1.807) is 12.5 Å². The molecule has 0 aliphatic heterocycles. The Morgan fingerprint density at radius 1 is 1.90 bits per heavy atom. The average Bonchev–Trinajstić information content (AvgIpc) is 2.39. The van der Waals surface area contributed by atoms with E-state index in [9.17, 15) is 0 Å². The third-order valence-electron chi connectivity index (χ3n) is 0.786. The normalized spacial score (nSPS) is 7.70. The summed E-state index contributed by atoms with van der Waals surface area (Å²) >= 11 is 0. The summed E-state index contributed by atoms with van der Waals surface area (Å²) in [5.41, 5.74) is 0. The van der Waals surface area contributed by atoms with Crippen LogP contribution in [0.2, 0.25) is 0 Å². The van der Waals surface area contributed by atoms with Crippen molar-refractivity contribution in [1.82, 2.24) is 4.98 Å². The van der Waals surface area contributed by atoms with Gasteiger partial charge in [0.2, 0.25) is 0 Å². The number of aromatic nitrogens is 1. The van der Waals surface area contributed by atoms with Crippen LogP contribution in [0.5, 0.6) is 0 Å². The predicted octanol–water partition coefficient (Wildman–Crippen LogP) is 0.938. The molecule has 0 bridgehead atoms. The zero-order chi connectivity index (χ0) is 7.82. The van der Waals surface area contributed by atoms with Crippen LogP contribution in [0.1, 0.15) is 12.8 Å². The summed E-state index contributed by atoms with van der Waals surface area (Å²) in [7, 11) is 0. The number of oxazole rings is 1. The first-order valence-corrected chi connectivity index (χ1v) is 2.81. The second-order valence-electron chi connectivity index (χ2n) is 1.38. The van der Waals surface area contributed by atoms with Crippen LogP contribution in [0.4, 0.5) is 0 Å². The standard InChI is InChI=1S/C5H7NO.CH2O2/c1-2-5-6-3-4-7-5;2-1-3/h3-4H,2H2,1H3;1H,(H,2,3). The minimum Gasteiger partial charge on any atom is -0.483 e. The molecule has 4 nitrogen and oxygen atoms in total. The highest BCUT2D eigenvalue weighted by Gasteiger charge is 1.86. The molecule has 1 aromatic rings. The molecule has 0 radical (unpaired) electrons. The van der Waals surface area contributed by atoms with Gasteiger partial charge >= 0.3 is 0 Å². The first kappa shape index (κ1) is 8.68. The third kappa shape index (κ3) is 3.65. The van der Waals surface area contributed by atoms with Crippen LogP contribution in [0.25, 0.3) is 0 Å². The smallest absolute Gasteiger partial charge is 0.290 e. The fraction of sp³-hybridized carbons (Fsp3) is 0.333. The van der Waals surface area contributed by atoms with Crippen LogP contribution in [-0.4, -0.2) is 16.6 Å². The van der Waals surface area contributed by atoms with Crippen LogP contribution < -0.4 is 0 Å². The summed E-state index contributed by atoms with van der Waals surface area (Å²) in [5, 5.41) is 6.89. The molecule has 56 valence electrons. The number of carboxylic acid groups (broad SMARTS) is 1. The molecule has 10 heavy (non-hydrogen) atoms. The molecule has 0 aliphatic rings. The molecule has 0 fully saturated rings. The highest BCUT2D eigenvalue weighted by Crippen LogP contribution is 1.92. The fourth-order valence-electron chi connectivity index (χ4n) is 0.428. The summed E-state index contributed by atoms with van der Waals surface area (Å²) in [4.78, 5) is 12.2. The maximum absolute atomic E-state index is 8.36. The number of aryl methyl sites for hydroxylation is 1. The maximum Gasteiger partial charge on any atom is 0.290 e. The first-order chi connectivity index (χ1) is 4.85. The molecule has 1 rings (SSSR count). The summed E-state index contributed by atoms with van der Waals surface area (Å²) in [5.74, 6) is 0.806. The van der Waals surface area contributed by atoms with Crippen molar-refractivity contribution >= 4 is 6.47 Å². The Bertz CT molecular complexity index is 160. The molecule has 1 N–H and O–H groups in total. The molecular weight excluding hydrogens is 134 g/mol. The van der Waals surface area contributed by atoms with Crippen LogP contribution in [0, 0.1) is 0 Å². The quantitative estimate of drug-likeness (QED) is 0.594. The highest BCUT2D eigenvalue weighted by atomic mass is 16.3. The topological polar surface area (TPSA) is 63.3 Å². The van der Waals surface area contributed by atoms with Gasteiger partial charge in [0, 0.05) is 6.42 Å². The molecule has 0 saturated carbocycles. The van der Waals surface area contributed by atoms with E-state index in [2.05, 4.69) is 4.98 Å². The Hall–Kier alpha value is -1.32. The van der Waals surface area contributed by atoms with E-state index < -0.39 is 0 Å². The first-order valence-electron chi connectivity index (χ1n) is 2.81. The molecule has 0 aromatic carbocycles. The zero-order valence-corrected chi connectivity index (χ0v) is 5.65. The lowest BCUT2D eigenvalue weighted by Gasteiger charge is -1.77. The summed E-state index contributed by atoms with van der Waals surface area (Å²) in [6.45, 7) is 1.76. The second-order valence-corrected chi connectivity index (χ2v) is 1.38. The SMILES string of the molecule is CCc1ncco1.O=CO. The summed E-state index contributed by atoms with van der Waals surface area (Å²) < 4.78 is 4.87. The van der Waals surface area contributed by atoms with Crippen LogP contribution in [-0.2, 0) is 11.2 Å². The van der Waals surface area contributed by atoms with E-state index in [1.807, 2.05) is 6.92 Å². The van der Waals surface area contributed by atoms with Gasteiger partial charge in [-0.3, -0.25) is 4.79 Å². The van der Waals surface area contributed by atoms with Gasteiger partial charge in [0.25, 0.3) is 6.47 Å². The van der Waals surface area contributed by atoms with Crippen LogP contribution >= 0.6 is 0 Å². The molecule has 0 unspecified atom stereocenters. The van der Waals surface area contributed by atoms with E-state index in [1.165, 1.54) is 0 Å². The van der Waals surface area contributed by atoms with Crippen molar-refractivity contribution in [3.8, 4) is 0 Å². The number of carbonyl (C=O) groups is 1. The molecule has 0 atom stereocenters. The van der Waals surface area contributed by atoms with E-state index in [0.29, 0.717) is 0 Å². The molecule has 1 heterocycles. The Kier molecular flexibility index (Phi) is 5.04. The van der Waals surface area contributed by atoms with Gasteiger partial charge in [-0.1, -0.05) is 6.92 Å². The van der Waals surface area contributed by atoms with Crippen molar-refractivity contribution in [3.63, 3.8) is 0 Å². The van der Waals surface area contributed by atoms with Gasteiger partial charge in [-0.15, -0.1) is 0 Å². The van der Waals surface area contributed by atoms with Gasteiger partial charge in [-0.25, -0.2) is 4.98 Å². The number of hydrogen-bond donors (Lipinski definition) is 1. The lowest BCUT2D eigenvalue weighted by molar-refractivity contribution is -0.122. The van der Waals surface area contributed by atoms with Gasteiger partial charge in [-0.05, 0) is 0 Å². The van der Waals surface area contributed by atoms with Gasteiger partial charge in [0.05, 0.1) is 6.20 Å². The van der Waals surface area contributed by atoms with Crippen LogP contribution in [0.15, 0.2) is 16.9 Å². The minimum absolute atomic E-state index is 0.250. The Balaban J connectivity index is 0.000000236. The number of rotatable bonds is 1. The predicted molar refractivity (Wildman–Crippen MR) is 34.6 cm³/mol. The third-order valence-corrected chi connectivity index (χ3v) is 0.786. The second kappa shape index (κ2) is 5.81. The molecule has 0 aliphatic carbocycles. The monoisotopic (exact) mass is 143 g/mol. The maximum atomic E-state index is 8.36. The van der Waals surface area contributed by atoms with E-state index >= 15 is 0 Å². The number of nitrogens with zero attached hydrogens (tertiary/aromatic N) is 1. The van der Waals surface area contributed by atoms with Crippen molar-refractivity contribution in [3.05, 3.63) is 18.4 Å². The van der Waals surface area contributed by atoms with E-state index in [0.717, 1.165) is 12.3 Å². The lowest BCUT2D eigenvalue weighted by atomic mass is 10.5. The van der Waals surface area contributed by atoms with Crippen molar-refractivity contribution in [1.29, 1.82) is 0 Å². The van der Waals surface area contributed by atoms with Crippen molar-refractivity contribution in [2.45, 2.75) is 13.3 Å². The van der Waals surface area contributed by atoms with Crippen LogP contribution in [0.3, 0.4) is 0 Å². The number of hydrogen-bond acceptors (Lipinski definition) is 3. The highest BCUT2D eigenvalue weighted by molar-refractivity contribution is 5.32. The molecule has 0 saturated heterocycles. The zero-order valence-electron chi connectivity index (χ0n) is 5.65. The molecule has 4 heteroatoms. The van der Waals surface area contributed by atoms with Crippen molar-refractivity contribution in [2.75, 3.05) is 0 Å². The average molecular weight is 143 g/mol. The molecule has 1 aromatic heterocycles. The lowest BCUT2D eigenvalue weighted by Crippen LogP contribution is -1.73. The fourth-order valence-corrected chi connectivity index (χ4v) is 0.428.